The van der Waals surface area contributed by atoms with Gasteiger partial charge in [0.05, 0.1) is 22.3 Å². The molecular formula is C19H21ClN8O. The molecule has 5 rings (SSSR count). The van der Waals surface area contributed by atoms with Crippen molar-refractivity contribution < 1.29 is 4.79 Å². The van der Waals surface area contributed by atoms with E-state index in [-0.39, 0.29) is 5.91 Å². The van der Waals surface area contributed by atoms with Crippen molar-refractivity contribution in [3.05, 3.63) is 36.3 Å². The summed E-state index contributed by atoms with van der Waals surface area (Å²) in [4.78, 5) is 28.5. The Balaban J connectivity index is 1.45. The highest BCUT2D eigenvalue weighted by Crippen LogP contribution is 2.38. The minimum absolute atomic E-state index is 0.00649. The fourth-order valence-electron chi connectivity index (χ4n) is 4.35. The minimum atomic E-state index is 0.00649. The van der Waals surface area contributed by atoms with Gasteiger partial charge in [0.25, 0.3) is 0 Å². The lowest BCUT2D eigenvalue weighted by Crippen LogP contribution is -2.32. The second-order valence-corrected chi connectivity index (χ2v) is 8.04. The van der Waals surface area contributed by atoms with Gasteiger partial charge in [-0.15, -0.1) is 0 Å². The lowest BCUT2D eigenvalue weighted by molar-refractivity contribution is -0.125. The first-order valence-electron chi connectivity index (χ1n) is 9.48. The third-order valence-corrected chi connectivity index (χ3v) is 6.00. The number of nitrogens with zero attached hydrogens (tertiary/aromatic N) is 6. The molecule has 0 saturated carbocycles. The van der Waals surface area contributed by atoms with E-state index in [1.165, 1.54) is 6.08 Å². The maximum atomic E-state index is 11.9. The third-order valence-electron chi connectivity index (χ3n) is 5.70. The molecule has 3 aromatic rings. The van der Waals surface area contributed by atoms with Crippen molar-refractivity contribution in [2.75, 3.05) is 36.4 Å². The normalized spacial score (nSPS) is 21.0. The number of carbonyl (C=O) groups is 1. The highest BCUT2D eigenvalue weighted by molar-refractivity contribution is 6.36. The zero-order valence-electron chi connectivity index (χ0n) is 16.0. The van der Waals surface area contributed by atoms with Crippen molar-refractivity contribution in [3.63, 3.8) is 0 Å². The number of nitrogens with one attached hydrogen (secondary N) is 2. The van der Waals surface area contributed by atoms with E-state index in [0.717, 1.165) is 43.1 Å². The van der Waals surface area contributed by atoms with Crippen LogP contribution in [0, 0.1) is 11.8 Å². The second-order valence-electron chi connectivity index (χ2n) is 7.63. The summed E-state index contributed by atoms with van der Waals surface area (Å²) in [5, 5.41) is 8.80. The van der Waals surface area contributed by atoms with Gasteiger partial charge in [-0.3, -0.25) is 9.48 Å². The van der Waals surface area contributed by atoms with E-state index in [1.807, 2.05) is 18.1 Å². The van der Waals surface area contributed by atoms with Gasteiger partial charge in [0.2, 0.25) is 11.9 Å². The Bertz CT molecular complexity index is 1090. The third kappa shape index (κ3) is 3.11. The molecule has 2 N–H and O–H groups in total. The van der Waals surface area contributed by atoms with Gasteiger partial charge in [-0.2, -0.15) is 15.1 Å². The van der Waals surface area contributed by atoms with E-state index in [0.29, 0.717) is 28.5 Å². The van der Waals surface area contributed by atoms with E-state index in [9.17, 15) is 4.79 Å². The fraction of sp³-hybridized carbons (Fsp3) is 0.368. The zero-order chi connectivity index (χ0) is 20.1. The molecule has 0 aliphatic carbocycles. The van der Waals surface area contributed by atoms with Crippen molar-refractivity contribution >= 4 is 46.0 Å². The van der Waals surface area contributed by atoms with Crippen molar-refractivity contribution in [2.45, 2.75) is 0 Å². The summed E-state index contributed by atoms with van der Waals surface area (Å²) < 4.78 is 1.71. The van der Waals surface area contributed by atoms with Gasteiger partial charge in [0.15, 0.2) is 0 Å². The van der Waals surface area contributed by atoms with Crippen LogP contribution in [0.4, 0.5) is 17.5 Å². The lowest BCUT2D eigenvalue weighted by Gasteiger charge is -2.23. The average Bonchev–Trinajstić information content (AvgIpc) is 3.45. The van der Waals surface area contributed by atoms with Crippen LogP contribution >= 0.6 is 11.6 Å². The number of amides is 1. The maximum Gasteiger partial charge on any atom is 0.245 e. The van der Waals surface area contributed by atoms with Crippen LogP contribution in [0.1, 0.15) is 0 Å². The number of likely N-dealkylation sites (tertiary alicyclic amines) is 1. The fourth-order valence-corrected chi connectivity index (χ4v) is 4.58. The molecule has 2 atom stereocenters. The van der Waals surface area contributed by atoms with Gasteiger partial charge >= 0.3 is 0 Å². The number of aromatic amines is 1. The SMILES string of the molecule is C=CC(=O)N1CC2CN(c3nc(Nc4cnn(C)c4)nc4[nH]cc(Cl)c34)CC2C1. The molecule has 0 spiro atoms. The van der Waals surface area contributed by atoms with Crippen molar-refractivity contribution in [1.29, 1.82) is 0 Å². The predicted octanol–water partition coefficient (Wildman–Crippen LogP) is 2.17. The molecule has 2 unspecified atom stereocenters. The van der Waals surface area contributed by atoms with Gasteiger partial charge in [-0.1, -0.05) is 18.2 Å². The van der Waals surface area contributed by atoms with Crippen LogP contribution in [0.15, 0.2) is 31.2 Å². The zero-order valence-corrected chi connectivity index (χ0v) is 16.7. The number of halogens is 1. The number of rotatable bonds is 4. The number of fused-ring (bicyclic) bond motifs is 2. The summed E-state index contributed by atoms with van der Waals surface area (Å²) in [6.45, 7) is 6.75. The molecule has 29 heavy (non-hydrogen) atoms. The molecule has 5 heterocycles. The predicted molar refractivity (Wildman–Crippen MR) is 111 cm³/mol. The molecule has 1 amide bonds. The Morgan fingerprint density at radius 3 is 2.72 bits per heavy atom. The summed E-state index contributed by atoms with van der Waals surface area (Å²) in [5.74, 6) is 2.13. The monoisotopic (exact) mass is 412 g/mol. The summed E-state index contributed by atoms with van der Waals surface area (Å²) in [6.07, 6.45) is 6.71. The molecule has 2 aliphatic rings. The van der Waals surface area contributed by atoms with E-state index in [2.05, 4.69) is 31.9 Å². The number of hydrogen-bond donors (Lipinski definition) is 2. The standard InChI is InChI=1S/C19H21ClN8O/c1-3-15(29)27-6-11-8-28(9-12(11)7-27)18-16-14(20)5-21-17(16)24-19(25-18)23-13-4-22-26(2)10-13/h3-5,10-12H,1,6-9H2,2H3,(H2,21,23,24,25). The van der Waals surface area contributed by atoms with Gasteiger partial charge in [0.1, 0.15) is 11.5 Å². The molecule has 10 heteroatoms. The Morgan fingerprint density at radius 2 is 2.07 bits per heavy atom. The number of aromatic nitrogens is 5. The average molecular weight is 413 g/mol. The summed E-state index contributed by atoms with van der Waals surface area (Å²) in [7, 11) is 1.86. The topological polar surface area (TPSA) is 95.0 Å². The first kappa shape index (κ1) is 18.0. The molecular weight excluding hydrogens is 392 g/mol. The number of aryl methyl sites for hydroxylation is 1. The molecule has 9 nitrogen and oxygen atoms in total. The quantitative estimate of drug-likeness (QED) is 0.638. The minimum Gasteiger partial charge on any atom is -0.355 e. The largest absolute Gasteiger partial charge is 0.355 e. The highest BCUT2D eigenvalue weighted by atomic mass is 35.5. The number of hydrogen-bond acceptors (Lipinski definition) is 6. The van der Waals surface area contributed by atoms with Gasteiger partial charge < -0.3 is 20.1 Å². The van der Waals surface area contributed by atoms with E-state index >= 15 is 0 Å². The Labute approximate surface area is 172 Å². The van der Waals surface area contributed by atoms with Gasteiger partial charge in [-0.25, -0.2) is 0 Å². The molecule has 0 radical (unpaired) electrons. The second kappa shape index (κ2) is 6.77. The number of carbonyl (C=O) groups excluding carboxylic acids is 1. The van der Waals surface area contributed by atoms with Crippen LogP contribution < -0.4 is 10.2 Å². The van der Waals surface area contributed by atoms with E-state index < -0.39 is 0 Å². The van der Waals surface area contributed by atoms with Crippen molar-refractivity contribution in [1.82, 2.24) is 29.6 Å². The molecule has 2 fully saturated rings. The van der Waals surface area contributed by atoms with E-state index in [1.54, 1.807) is 17.1 Å². The Morgan fingerprint density at radius 1 is 1.31 bits per heavy atom. The van der Waals surface area contributed by atoms with Gasteiger partial charge in [-0.05, 0) is 6.08 Å². The molecule has 3 aromatic heterocycles. The molecule has 0 aromatic carbocycles. The molecule has 0 bridgehead atoms. The smallest absolute Gasteiger partial charge is 0.245 e. The van der Waals surface area contributed by atoms with Crippen molar-refractivity contribution in [2.24, 2.45) is 18.9 Å². The van der Waals surface area contributed by atoms with Crippen LogP contribution in [0.2, 0.25) is 5.02 Å². The van der Waals surface area contributed by atoms with Crippen LogP contribution in [-0.4, -0.2) is 61.7 Å². The lowest BCUT2D eigenvalue weighted by atomic mass is 10.0. The highest BCUT2D eigenvalue weighted by Gasteiger charge is 2.42. The van der Waals surface area contributed by atoms with Crippen LogP contribution in [0.5, 0.6) is 0 Å². The number of anilines is 3. The number of H-pyrrole nitrogens is 1. The first-order chi connectivity index (χ1) is 14.0. The van der Waals surface area contributed by atoms with Crippen LogP contribution in [0.3, 0.4) is 0 Å². The summed E-state index contributed by atoms with van der Waals surface area (Å²) in [6, 6.07) is 0. The van der Waals surface area contributed by atoms with Crippen LogP contribution in [0.25, 0.3) is 11.0 Å². The van der Waals surface area contributed by atoms with Crippen molar-refractivity contribution in [3.8, 4) is 0 Å². The first-order valence-corrected chi connectivity index (χ1v) is 9.86. The van der Waals surface area contributed by atoms with Crippen LogP contribution in [-0.2, 0) is 11.8 Å². The summed E-state index contributed by atoms with van der Waals surface area (Å²) >= 11 is 6.44. The molecule has 150 valence electrons. The van der Waals surface area contributed by atoms with Gasteiger partial charge in [0, 0.05) is 57.5 Å². The summed E-state index contributed by atoms with van der Waals surface area (Å²) in [5.41, 5.74) is 1.50. The Hall–Kier alpha value is -3.07. The Kier molecular flexibility index (Phi) is 4.20. The molecule has 2 saturated heterocycles. The molecule has 2 aliphatic heterocycles. The van der Waals surface area contributed by atoms with E-state index in [4.69, 9.17) is 16.6 Å². The maximum absolute atomic E-state index is 11.9.